The van der Waals surface area contributed by atoms with Crippen LogP contribution in [0.25, 0.3) is 0 Å². The molecule has 4 aliphatic carbocycles. The van der Waals surface area contributed by atoms with Gasteiger partial charge in [0.2, 0.25) is 5.92 Å². The summed E-state index contributed by atoms with van der Waals surface area (Å²) in [5.41, 5.74) is 4.72. The first-order valence-electron chi connectivity index (χ1n) is 15.4. The fraction of sp³-hybridized carbons (Fsp3) is 0.727. The largest absolute Gasteiger partial charge is 0.495 e. The molecule has 4 fully saturated rings. The number of rotatable bonds is 8. The number of aliphatic carboxylic acids is 1. The van der Waals surface area contributed by atoms with Gasteiger partial charge >= 0.3 is 5.97 Å². The molecule has 6 rings (SSSR count). The van der Waals surface area contributed by atoms with Crippen LogP contribution in [-0.4, -0.2) is 29.2 Å². The van der Waals surface area contributed by atoms with Crippen LogP contribution in [0.15, 0.2) is 24.0 Å². The normalized spacial score (nSPS) is 31.8. The number of carboxylic acids is 1. The lowest BCUT2D eigenvalue weighted by molar-refractivity contribution is -0.150. The molecule has 1 heterocycles. The SMILES string of the molecule is CCOc1cc(CC2CC3(CC(C4CCC(C)(C(=O)O)CC4)=CO3)C2)c(C2CC2)cc1C1CCC(F)(F)CC1. The van der Waals surface area contributed by atoms with Gasteiger partial charge in [0.25, 0.3) is 0 Å². The van der Waals surface area contributed by atoms with E-state index in [0.29, 0.717) is 37.2 Å². The summed E-state index contributed by atoms with van der Waals surface area (Å²) in [7, 11) is 0. The van der Waals surface area contributed by atoms with Crippen LogP contribution in [0.2, 0.25) is 0 Å². The molecule has 1 N–H and O–H groups in total. The number of alkyl halides is 2. The Hall–Kier alpha value is -2.11. The van der Waals surface area contributed by atoms with Gasteiger partial charge in [-0.05, 0) is 136 Å². The molecule has 0 bridgehead atoms. The van der Waals surface area contributed by atoms with Gasteiger partial charge in [0.15, 0.2) is 0 Å². The number of benzene rings is 1. The third-order valence-electron chi connectivity index (χ3n) is 10.7. The monoisotopic (exact) mass is 542 g/mol. The van der Waals surface area contributed by atoms with Crippen LogP contribution in [0.5, 0.6) is 5.75 Å². The van der Waals surface area contributed by atoms with Gasteiger partial charge in [-0.25, -0.2) is 8.78 Å². The Morgan fingerprint density at radius 3 is 2.23 bits per heavy atom. The summed E-state index contributed by atoms with van der Waals surface area (Å²) in [6.07, 6.45) is 12.9. The van der Waals surface area contributed by atoms with Crippen molar-refractivity contribution in [2.45, 2.75) is 127 Å². The second kappa shape index (κ2) is 10.1. The van der Waals surface area contributed by atoms with E-state index in [1.165, 1.54) is 29.5 Å². The minimum absolute atomic E-state index is 0.0241. The molecule has 5 aliphatic rings. The highest BCUT2D eigenvalue weighted by atomic mass is 19.3. The van der Waals surface area contributed by atoms with E-state index in [4.69, 9.17) is 9.47 Å². The standard InChI is InChI=1S/C33H44F2O4/c1-3-38-29-15-25(27(23-4-5-23)16-28(29)24-8-12-33(34,35)13-9-24)14-21-17-32(18-21)19-26(20-39-32)22-6-10-31(2,11-7-22)30(36)37/h15-16,20-24H,3-14,17-19H2,1-2H3,(H,36,37). The van der Waals surface area contributed by atoms with Gasteiger partial charge in [0.1, 0.15) is 11.4 Å². The zero-order chi connectivity index (χ0) is 27.4. The van der Waals surface area contributed by atoms with E-state index in [0.717, 1.165) is 62.7 Å². The van der Waals surface area contributed by atoms with Crippen LogP contribution in [0, 0.1) is 17.3 Å². The smallest absolute Gasteiger partial charge is 0.309 e. The Labute approximate surface area is 231 Å². The van der Waals surface area contributed by atoms with Crippen LogP contribution >= 0.6 is 0 Å². The van der Waals surface area contributed by atoms with E-state index in [-0.39, 0.29) is 24.4 Å². The Morgan fingerprint density at radius 1 is 0.974 bits per heavy atom. The van der Waals surface area contributed by atoms with Crippen LogP contribution in [0.4, 0.5) is 8.78 Å². The number of hydrogen-bond acceptors (Lipinski definition) is 3. The van der Waals surface area contributed by atoms with Crippen molar-refractivity contribution in [1.29, 1.82) is 0 Å². The fourth-order valence-corrected chi connectivity index (χ4v) is 7.98. The summed E-state index contributed by atoms with van der Waals surface area (Å²) in [5, 5.41) is 9.56. The van der Waals surface area contributed by atoms with Gasteiger partial charge < -0.3 is 14.6 Å². The summed E-state index contributed by atoms with van der Waals surface area (Å²) in [5.74, 6) is -0.477. The molecule has 1 aromatic rings. The molecule has 1 aromatic carbocycles. The fourth-order valence-electron chi connectivity index (χ4n) is 7.98. The van der Waals surface area contributed by atoms with E-state index in [9.17, 15) is 18.7 Å². The predicted octanol–water partition coefficient (Wildman–Crippen LogP) is 8.53. The second-order valence-corrected chi connectivity index (χ2v) is 13.7. The Bertz CT molecular complexity index is 1110. The third-order valence-corrected chi connectivity index (χ3v) is 10.7. The average Bonchev–Trinajstić information content (AvgIpc) is 3.63. The molecule has 0 unspecified atom stereocenters. The Kier molecular flexibility index (Phi) is 6.99. The number of hydrogen-bond donors (Lipinski definition) is 1. The molecule has 0 radical (unpaired) electrons. The molecular formula is C33H44F2O4. The van der Waals surface area contributed by atoms with Crippen molar-refractivity contribution in [2.75, 3.05) is 6.61 Å². The maximum absolute atomic E-state index is 13.9. The van der Waals surface area contributed by atoms with Crippen molar-refractivity contribution in [3.8, 4) is 5.75 Å². The van der Waals surface area contributed by atoms with E-state index in [2.05, 4.69) is 12.1 Å². The summed E-state index contributed by atoms with van der Waals surface area (Å²) < 4.78 is 40.2. The quantitative estimate of drug-likeness (QED) is 0.358. The molecule has 1 aliphatic heterocycles. The number of ether oxygens (including phenoxy) is 2. The van der Waals surface area contributed by atoms with Crippen molar-refractivity contribution < 1.29 is 28.2 Å². The Morgan fingerprint density at radius 2 is 1.62 bits per heavy atom. The lowest BCUT2D eigenvalue weighted by Crippen LogP contribution is -2.44. The highest BCUT2D eigenvalue weighted by Gasteiger charge is 2.50. The van der Waals surface area contributed by atoms with Gasteiger partial charge in [-0.2, -0.15) is 0 Å². The molecule has 1 spiro atoms. The van der Waals surface area contributed by atoms with Crippen LogP contribution in [-0.2, 0) is 16.0 Å². The molecule has 39 heavy (non-hydrogen) atoms. The summed E-state index contributed by atoms with van der Waals surface area (Å²) in [6, 6.07) is 4.59. The third kappa shape index (κ3) is 5.46. The topological polar surface area (TPSA) is 55.8 Å². The van der Waals surface area contributed by atoms with Gasteiger partial charge in [-0.15, -0.1) is 0 Å². The van der Waals surface area contributed by atoms with E-state index < -0.39 is 17.3 Å². The van der Waals surface area contributed by atoms with Crippen LogP contribution in [0.3, 0.4) is 0 Å². The van der Waals surface area contributed by atoms with E-state index in [1.54, 1.807) is 0 Å². The van der Waals surface area contributed by atoms with Crippen LogP contribution < -0.4 is 4.74 Å². The summed E-state index contributed by atoms with van der Waals surface area (Å²) >= 11 is 0. The minimum Gasteiger partial charge on any atom is -0.495 e. The highest BCUT2D eigenvalue weighted by molar-refractivity contribution is 5.74. The zero-order valence-electron chi connectivity index (χ0n) is 23.6. The highest BCUT2D eigenvalue weighted by Crippen LogP contribution is 2.55. The molecule has 6 heteroatoms. The summed E-state index contributed by atoms with van der Waals surface area (Å²) in [4.78, 5) is 11.6. The average molecular weight is 543 g/mol. The predicted molar refractivity (Wildman–Crippen MR) is 146 cm³/mol. The molecule has 4 saturated carbocycles. The molecule has 4 nitrogen and oxygen atoms in total. The lowest BCUT2D eigenvalue weighted by Gasteiger charge is -2.45. The van der Waals surface area contributed by atoms with E-state index >= 15 is 0 Å². The minimum atomic E-state index is -2.52. The van der Waals surface area contributed by atoms with Crippen LogP contribution in [0.1, 0.15) is 126 Å². The molecule has 0 amide bonds. The van der Waals surface area contributed by atoms with Crippen molar-refractivity contribution in [3.05, 3.63) is 40.7 Å². The second-order valence-electron chi connectivity index (χ2n) is 13.7. The summed E-state index contributed by atoms with van der Waals surface area (Å²) in [6.45, 7) is 4.47. The first kappa shape index (κ1) is 27.1. The zero-order valence-corrected chi connectivity index (χ0v) is 23.6. The molecule has 0 saturated heterocycles. The molecular weight excluding hydrogens is 498 g/mol. The van der Waals surface area contributed by atoms with Crippen molar-refractivity contribution in [2.24, 2.45) is 17.3 Å². The lowest BCUT2D eigenvalue weighted by atomic mass is 9.64. The molecule has 0 atom stereocenters. The van der Waals surface area contributed by atoms with Gasteiger partial charge in [-0.3, -0.25) is 4.79 Å². The first-order valence-corrected chi connectivity index (χ1v) is 15.4. The van der Waals surface area contributed by atoms with Crippen molar-refractivity contribution in [1.82, 2.24) is 0 Å². The van der Waals surface area contributed by atoms with E-state index in [1.807, 2.05) is 20.1 Å². The molecule has 0 aromatic heterocycles. The maximum atomic E-state index is 13.9. The Balaban J connectivity index is 1.10. The first-order chi connectivity index (χ1) is 18.6. The van der Waals surface area contributed by atoms with Crippen molar-refractivity contribution in [3.63, 3.8) is 0 Å². The number of carboxylic acid groups (broad SMARTS) is 1. The van der Waals surface area contributed by atoms with Gasteiger partial charge in [0, 0.05) is 19.3 Å². The number of carbonyl (C=O) groups is 1. The van der Waals surface area contributed by atoms with Gasteiger partial charge in [0.05, 0.1) is 18.3 Å². The number of halogens is 2. The van der Waals surface area contributed by atoms with Gasteiger partial charge in [-0.1, -0.05) is 6.07 Å². The van der Waals surface area contributed by atoms with Crippen molar-refractivity contribution >= 4 is 5.97 Å². The molecule has 214 valence electrons. The maximum Gasteiger partial charge on any atom is 0.309 e.